The van der Waals surface area contributed by atoms with Crippen molar-refractivity contribution in [3.63, 3.8) is 0 Å². The highest BCUT2D eigenvalue weighted by Gasteiger charge is 2.32. The molecule has 0 radical (unpaired) electrons. The van der Waals surface area contributed by atoms with Crippen molar-refractivity contribution < 1.29 is 14.3 Å². The van der Waals surface area contributed by atoms with Gasteiger partial charge in [-0.3, -0.25) is 4.79 Å². The molecule has 1 aromatic heterocycles. The van der Waals surface area contributed by atoms with Gasteiger partial charge in [-0.05, 0) is 36.4 Å². The largest absolute Gasteiger partial charge is 0.497 e. The Morgan fingerprint density at radius 3 is 2.68 bits per heavy atom. The van der Waals surface area contributed by atoms with E-state index in [1.54, 1.807) is 23.3 Å². The van der Waals surface area contributed by atoms with Gasteiger partial charge in [-0.2, -0.15) is 0 Å². The third kappa shape index (κ3) is 5.31. The number of nitrogens with one attached hydrogen (secondary N) is 1. The van der Waals surface area contributed by atoms with Gasteiger partial charge in [0.15, 0.2) is 0 Å². The number of hydrogen-bond donors (Lipinski definition) is 1. The van der Waals surface area contributed by atoms with Crippen LogP contribution >= 0.6 is 11.3 Å². The molecule has 4 rings (SSSR count). The lowest BCUT2D eigenvalue weighted by Gasteiger charge is -2.39. The molecule has 1 aromatic carbocycles. The molecule has 166 valence electrons. The summed E-state index contributed by atoms with van der Waals surface area (Å²) in [6.45, 7) is 4.77. The number of piperazine rings is 1. The zero-order chi connectivity index (χ0) is 21.6. The lowest BCUT2D eigenvalue weighted by molar-refractivity contribution is -0.137. The fraction of sp³-hybridized carbons (Fsp3) is 0.478. The van der Waals surface area contributed by atoms with Crippen LogP contribution in [0.3, 0.4) is 0 Å². The van der Waals surface area contributed by atoms with Gasteiger partial charge in [0.25, 0.3) is 0 Å². The lowest BCUT2D eigenvalue weighted by Crippen LogP contribution is -2.54. The maximum absolute atomic E-state index is 13.1. The zero-order valence-electron chi connectivity index (χ0n) is 18.0. The van der Waals surface area contributed by atoms with Crippen LogP contribution in [0.5, 0.6) is 5.75 Å². The molecule has 2 saturated heterocycles. The molecule has 8 heteroatoms. The molecule has 2 aliphatic heterocycles. The van der Waals surface area contributed by atoms with Gasteiger partial charge in [-0.25, -0.2) is 4.79 Å². The van der Waals surface area contributed by atoms with Crippen molar-refractivity contribution in [2.24, 2.45) is 5.92 Å². The summed E-state index contributed by atoms with van der Waals surface area (Å²) in [5.74, 6) is 0.918. The molecule has 0 spiro atoms. The summed E-state index contributed by atoms with van der Waals surface area (Å²) < 4.78 is 5.32. The number of carbonyl (C=O) groups is 2. The molecule has 1 atom stereocenters. The summed E-state index contributed by atoms with van der Waals surface area (Å²) in [6, 6.07) is 12.0. The van der Waals surface area contributed by atoms with E-state index < -0.39 is 0 Å². The number of urea groups is 1. The molecule has 2 aliphatic rings. The number of anilines is 1. The second-order valence-corrected chi connectivity index (χ2v) is 9.07. The molecule has 2 fully saturated rings. The van der Waals surface area contributed by atoms with Crippen LogP contribution in [0.1, 0.15) is 17.7 Å². The van der Waals surface area contributed by atoms with Crippen molar-refractivity contribution in [1.82, 2.24) is 15.1 Å². The second-order valence-electron chi connectivity index (χ2n) is 8.04. The van der Waals surface area contributed by atoms with Gasteiger partial charge in [0, 0.05) is 55.9 Å². The number of benzene rings is 1. The number of hydrogen-bond acceptors (Lipinski definition) is 5. The SMILES string of the molecule is COc1cccc(N2CCN(C(=O)C3CCCN(C(=O)NCc4cccs4)C3)CC2)c1. The van der Waals surface area contributed by atoms with Gasteiger partial charge in [-0.15, -0.1) is 11.3 Å². The Balaban J connectivity index is 1.27. The van der Waals surface area contributed by atoms with Crippen molar-refractivity contribution in [2.75, 3.05) is 51.3 Å². The van der Waals surface area contributed by atoms with Crippen LogP contribution in [0.4, 0.5) is 10.5 Å². The normalized spacial score (nSPS) is 19.3. The van der Waals surface area contributed by atoms with Crippen LogP contribution in [-0.2, 0) is 11.3 Å². The first-order chi connectivity index (χ1) is 15.1. The maximum Gasteiger partial charge on any atom is 0.317 e. The monoisotopic (exact) mass is 442 g/mol. The minimum Gasteiger partial charge on any atom is -0.497 e. The van der Waals surface area contributed by atoms with Gasteiger partial charge < -0.3 is 24.8 Å². The van der Waals surface area contributed by atoms with Gasteiger partial charge in [0.1, 0.15) is 5.75 Å². The van der Waals surface area contributed by atoms with Crippen LogP contribution in [0.2, 0.25) is 0 Å². The van der Waals surface area contributed by atoms with E-state index in [0.29, 0.717) is 32.7 Å². The molecular weight excluding hydrogens is 412 g/mol. The molecule has 1 unspecified atom stereocenters. The average molecular weight is 443 g/mol. The van der Waals surface area contributed by atoms with E-state index in [2.05, 4.69) is 16.3 Å². The number of carbonyl (C=O) groups excluding carboxylic acids is 2. The minimum absolute atomic E-state index is 0.0752. The van der Waals surface area contributed by atoms with Gasteiger partial charge in [0.05, 0.1) is 19.6 Å². The Morgan fingerprint density at radius 2 is 1.94 bits per heavy atom. The molecule has 3 amide bonds. The predicted molar refractivity (Wildman–Crippen MR) is 123 cm³/mol. The molecular formula is C23H30N4O3S. The Morgan fingerprint density at radius 1 is 1.10 bits per heavy atom. The average Bonchev–Trinajstić information content (AvgIpc) is 3.36. The fourth-order valence-electron chi connectivity index (χ4n) is 4.30. The number of nitrogens with zero attached hydrogens (tertiary/aromatic N) is 3. The second kappa shape index (κ2) is 10.0. The Labute approximate surface area is 187 Å². The van der Waals surface area contributed by atoms with Gasteiger partial charge in [-0.1, -0.05) is 12.1 Å². The number of methoxy groups -OCH3 is 1. The number of rotatable bonds is 5. The predicted octanol–water partition coefficient (Wildman–Crippen LogP) is 3.03. The zero-order valence-corrected chi connectivity index (χ0v) is 18.8. The Hall–Kier alpha value is -2.74. The van der Waals surface area contributed by atoms with E-state index in [0.717, 1.165) is 42.2 Å². The van der Waals surface area contributed by atoms with Gasteiger partial charge in [0.2, 0.25) is 5.91 Å². The third-order valence-corrected chi connectivity index (χ3v) is 6.94. The molecule has 0 aliphatic carbocycles. The van der Waals surface area contributed by atoms with E-state index >= 15 is 0 Å². The maximum atomic E-state index is 13.1. The first-order valence-corrected chi connectivity index (χ1v) is 11.7. The number of amides is 3. The van der Waals surface area contributed by atoms with Crippen molar-refractivity contribution >= 4 is 29.0 Å². The first-order valence-electron chi connectivity index (χ1n) is 10.9. The van der Waals surface area contributed by atoms with Crippen molar-refractivity contribution in [2.45, 2.75) is 19.4 Å². The van der Waals surface area contributed by atoms with Crippen LogP contribution in [0.25, 0.3) is 0 Å². The molecule has 0 saturated carbocycles. The number of piperidine rings is 1. The minimum atomic E-state index is -0.107. The quantitative estimate of drug-likeness (QED) is 0.773. The molecule has 7 nitrogen and oxygen atoms in total. The van der Waals surface area contributed by atoms with E-state index in [-0.39, 0.29) is 17.9 Å². The van der Waals surface area contributed by atoms with E-state index in [4.69, 9.17) is 4.74 Å². The highest BCUT2D eigenvalue weighted by Crippen LogP contribution is 2.24. The van der Waals surface area contributed by atoms with E-state index in [1.165, 1.54) is 0 Å². The van der Waals surface area contributed by atoms with Crippen LogP contribution in [0, 0.1) is 5.92 Å². The van der Waals surface area contributed by atoms with Gasteiger partial charge >= 0.3 is 6.03 Å². The summed E-state index contributed by atoms with van der Waals surface area (Å²) in [4.78, 5) is 32.9. The first kappa shape index (κ1) is 21.5. The number of likely N-dealkylation sites (tertiary alicyclic amines) is 1. The van der Waals surface area contributed by atoms with Crippen molar-refractivity contribution in [1.29, 1.82) is 0 Å². The summed E-state index contributed by atoms with van der Waals surface area (Å²) in [6.07, 6.45) is 1.72. The standard InChI is InChI=1S/C23H30N4O3S/c1-30-20-7-2-6-19(15-20)25-10-12-26(13-11-25)22(28)18-5-3-9-27(17-18)23(29)24-16-21-8-4-14-31-21/h2,4,6-8,14-15,18H,3,5,9-13,16-17H2,1H3,(H,24,29). The van der Waals surface area contributed by atoms with E-state index in [1.807, 2.05) is 40.6 Å². The highest BCUT2D eigenvalue weighted by atomic mass is 32.1. The Kier molecular flexibility index (Phi) is 6.96. The molecule has 1 N–H and O–H groups in total. The van der Waals surface area contributed by atoms with E-state index in [9.17, 15) is 9.59 Å². The summed E-state index contributed by atoms with van der Waals surface area (Å²) in [5, 5.41) is 4.99. The summed E-state index contributed by atoms with van der Waals surface area (Å²) in [5.41, 5.74) is 1.12. The smallest absolute Gasteiger partial charge is 0.317 e. The molecule has 3 heterocycles. The van der Waals surface area contributed by atoms with Crippen LogP contribution in [0.15, 0.2) is 41.8 Å². The Bertz CT molecular complexity index is 881. The van der Waals surface area contributed by atoms with Crippen LogP contribution < -0.4 is 15.0 Å². The highest BCUT2D eigenvalue weighted by molar-refractivity contribution is 7.09. The summed E-state index contributed by atoms with van der Waals surface area (Å²) in [7, 11) is 1.67. The topological polar surface area (TPSA) is 65.1 Å². The lowest BCUT2D eigenvalue weighted by atomic mass is 9.96. The summed E-state index contributed by atoms with van der Waals surface area (Å²) >= 11 is 1.63. The van der Waals surface area contributed by atoms with Crippen LogP contribution in [-0.4, -0.2) is 68.1 Å². The third-order valence-electron chi connectivity index (χ3n) is 6.06. The fourth-order valence-corrected chi connectivity index (χ4v) is 4.95. The molecule has 2 aromatic rings. The molecule has 31 heavy (non-hydrogen) atoms. The number of thiophene rings is 1. The van der Waals surface area contributed by atoms with Crippen molar-refractivity contribution in [3.8, 4) is 5.75 Å². The van der Waals surface area contributed by atoms with Crippen molar-refractivity contribution in [3.05, 3.63) is 46.7 Å². The number of ether oxygens (including phenoxy) is 1. The molecule has 0 bridgehead atoms.